The van der Waals surface area contributed by atoms with Crippen molar-refractivity contribution < 1.29 is 13.2 Å². The van der Waals surface area contributed by atoms with Crippen LogP contribution in [0.4, 0.5) is 13.2 Å². The van der Waals surface area contributed by atoms with E-state index in [1.807, 2.05) is 6.92 Å². The molecule has 1 nitrogen and oxygen atoms in total. The van der Waals surface area contributed by atoms with Crippen LogP contribution in [0, 0.1) is 0 Å². The topological polar surface area (TPSA) is 26.0 Å². The predicted molar refractivity (Wildman–Crippen MR) is 53.4 cm³/mol. The predicted octanol–water partition coefficient (Wildman–Crippen LogP) is 3.20. The van der Waals surface area contributed by atoms with E-state index in [9.17, 15) is 13.2 Å². The van der Waals surface area contributed by atoms with Crippen molar-refractivity contribution in [3.05, 3.63) is 35.4 Å². The van der Waals surface area contributed by atoms with Gasteiger partial charge in [-0.1, -0.05) is 37.6 Å². The van der Waals surface area contributed by atoms with Crippen molar-refractivity contribution in [2.24, 2.45) is 5.73 Å². The zero-order chi connectivity index (χ0) is 11.5. The Morgan fingerprint density at radius 1 is 1.27 bits per heavy atom. The number of nitrogens with two attached hydrogens (primary N) is 1. The second kappa shape index (κ2) is 4.66. The summed E-state index contributed by atoms with van der Waals surface area (Å²) in [5, 5.41) is 0. The molecule has 4 heteroatoms. The minimum absolute atomic E-state index is 0.187. The Kier molecular flexibility index (Phi) is 3.74. The summed E-state index contributed by atoms with van der Waals surface area (Å²) in [7, 11) is 0. The third kappa shape index (κ3) is 2.96. The molecule has 0 bridgehead atoms. The van der Waals surface area contributed by atoms with Crippen molar-refractivity contribution in [3.63, 3.8) is 0 Å². The molecule has 15 heavy (non-hydrogen) atoms. The van der Waals surface area contributed by atoms with Gasteiger partial charge < -0.3 is 5.73 Å². The third-order valence-corrected chi connectivity index (χ3v) is 2.26. The molecule has 0 heterocycles. The summed E-state index contributed by atoms with van der Waals surface area (Å²) < 4.78 is 37.3. The van der Waals surface area contributed by atoms with Crippen LogP contribution in [0.3, 0.4) is 0 Å². The molecule has 0 spiro atoms. The molecule has 1 aromatic carbocycles. The van der Waals surface area contributed by atoms with Crippen LogP contribution in [0.25, 0.3) is 0 Å². The zero-order valence-electron chi connectivity index (χ0n) is 8.51. The van der Waals surface area contributed by atoms with Gasteiger partial charge in [-0.2, -0.15) is 13.2 Å². The number of rotatable bonds is 3. The van der Waals surface area contributed by atoms with E-state index >= 15 is 0 Å². The van der Waals surface area contributed by atoms with E-state index in [-0.39, 0.29) is 5.56 Å². The highest BCUT2D eigenvalue weighted by Crippen LogP contribution is 2.32. The summed E-state index contributed by atoms with van der Waals surface area (Å²) in [6.07, 6.45) is -2.94. The standard InChI is InChI=1S/C11H14F3N/c1-2-5-8-6-3-4-7-9(8)10(15)11(12,13)14/h3-4,6-7,10H,2,5,15H2,1H3/t10-/m0/s1. The summed E-state index contributed by atoms with van der Waals surface area (Å²) in [6.45, 7) is 1.93. The summed E-state index contributed by atoms with van der Waals surface area (Å²) in [5.41, 5.74) is 6.05. The molecular weight excluding hydrogens is 203 g/mol. The lowest BCUT2D eigenvalue weighted by molar-refractivity contribution is -0.149. The summed E-state index contributed by atoms with van der Waals surface area (Å²) >= 11 is 0. The minimum atomic E-state index is -4.37. The zero-order valence-corrected chi connectivity index (χ0v) is 8.51. The number of benzene rings is 1. The third-order valence-electron chi connectivity index (χ3n) is 2.26. The molecule has 84 valence electrons. The minimum Gasteiger partial charge on any atom is -0.316 e. The van der Waals surface area contributed by atoms with Crippen LogP contribution >= 0.6 is 0 Å². The Morgan fingerprint density at radius 3 is 2.40 bits per heavy atom. The van der Waals surface area contributed by atoms with Crippen LogP contribution in [0.2, 0.25) is 0 Å². The SMILES string of the molecule is CCCc1ccccc1[C@H](N)C(F)(F)F. The second-order valence-corrected chi connectivity index (χ2v) is 3.47. The van der Waals surface area contributed by atoms with Crippen molar-refractivity contribution in [2.45, 2.75) is 32.0 Å². The van der Waals surface area contributed by atoms with Crippen molar-refractivity contribution in [3.8, 4) is 0 Å². The quantitative estimate of drug-likeness (QED) is 0.826. The van der Waals surface area contributed by atoms with Gasteiger partial charge >= 0.3 is 6.18 Å². The fourth-order valence-electron chi connectivity index (χ4n) is 1.51. The number of halogens is 3. The van der Waals surface area contributed by atoms with Crippen LogP contribution in [-0.4, -0.2) is 6.18 Å². The molecule has 1 aromatic rings. The van der Waals surface area contributed by atoms with E-state index in [4.69, 9.17) is 5.73 Å². The maximum atomic E-state index is 12.4. The van der Waals surface area contributed by atoms with Crippen LogP contribution < -0.4 is 5.73 Å². The molecule has 2 N–H and O–H groups in total. The molecule has 0 aromatic heterocycles. The number of alkyl halides is 3. The van der Waals surface area contributed by atoms with Crippen molar-refractivity contribution in [2.75, 3.05) is 0 Å². The van der Waals surface area contributed by atoms with Gasteiger partial charge in [-0.15, -0.1) is 0 Å². The number of hydrogen-bond donors (Lipinski definition) is 1. The van der Waals surface area contributed by atoms with Crippen molar-refractivity contribution in [1.29, 1.82) is 0 Å². The maximum absolute atomic E-state index is 12.4. The van der Waals surface area contributed by atoms with Gasteiger partial charge in [-0.25, -0.2) is 0 Å². The van der Waals surface area contributed by atoms with Gasteiger partial charge in [-0.3, -0.25) is 0 Å². The Bertz CT molecular complexity index is 320. The van der Waals surface area contributed by atoms with Gasteiger partial charge in [0.15, 0.2) is 0 Å². The first kappa shape index (κ1) is 12.0. The molecule has 1 atom stereocenters. The first-order valence-electron chi connectivity index (χ1n) is 4.87. The first-order chi connectivity index (χ1) is 6.96. The Labute approximate surface area is 87.1 Å². The maximum Gasteiger partial charge on any atom is 0.407 e. The molecule has 0 aliphatic carbocycles. The van der Waals surface area contributed by atoms with E-state index in [1.165, 1.54) is 6.07 Å². The van der Waals surface area contributed by atoms with Gasteiger partial charge in [0.05, 0.1) is 0 Å². The Balaban J connectivity index is 3.02. The van der Waals surface area contributed by atoms with E-state index in [2.05, 4.69) is 0 Å². The first-order valence-corrected chi connectivity index (χ1v) is 4.87. The van der Waals surface area contributed by atoms with Crippen molar-refractivity contribution in [1.82, 2.24) is 0 Å². The van der Waals surface area contributed by atoms with Gasteiger partial charge in [-0.05, 0) is 17.5 Å². The Hall–Kier alpha value is -1.03. The lowest BCUT2D eigenvalue weighted by Gasteiger charge is -2.18. The van der Waals surface area contributed by atoms with Gasteiger partial charge in [0.1, 0.15) is 6.04 Å². The van der Waals surface area contributed by atoms with E-state index < -0.39 is 12.2 Å². The summed E-state index contributed by atoms with van der Waals surface area (Å²) in [4.78, 5) is 0. The highest BCUT2D eigenvalue weighted by atomic mass is 19.4. The monoisotopic (exact) mass is 217 g/mol. The number of aryl methyl sites for hydroxylation is 1. The Morgan fingerprint density at radius 2 is 1.87 bits per heavy atom. The van der Waals surface area contributed by atoms with Crippen LogP contribution in [0.5, 0.6) is 0 Å². The lowest BCUT2D eigenvalue weighted by atomic mass is 9.97. The second-order valence-electron chi connectivity index (χ2n) is 3.47. The smallest absolute Gasteiger partial charge is 0.316 e. The van der Waals surface area contributed by atoms with E-state index in [1.54, 1.807) is 18.2 Å². The molecule has 0 saturated heterocycles. The molecule has 0 unspecified atom stereocenters. The highest BCUT2D eigenvalue weighted by molar-refractivity contribution is 5.30. The van der Waals surface area contributed by atoms with Crippen LogP contribution in [0.15, 0.2) is 24.3 Å². The van der Waals surface area contributed by atoms with Crippen LogP contribution in [-0.2, 0) is 6.42 Å². The fraction of sp³-hybridized carbons (Fsp3) is 0.455. The molecule has 0 amide bonds. The summed E-state index contributed by atoms with van der Waals surface area (Å²) in [5.74, 6) is 0. The average Bonchev–Trinajstić information content (AvgIpc) is 2.17. The van der Waals surface area contributed by atoms with Gasteiger partial charge in [0.2, 0.25) is 0 Å². The van der Waals surface area contributed by atoms with Gasteiger partial charge in [0, 0.05) is 0 Å². The number of hydrogen-bond acceptors (Lipinski definition) is 1. The van der Waals surface area contributed by atoms with E-state index in [0.717, 1.165) is 6.42 Å². The molecular formula is C11H14F3N. The lowest BCUT2D eigenvalue weighted by Crippen LogP contribution is -2.29. The fourth-order valence-corrected chi connectivity index (χ4v) is 1.51. The normalized spacial score (nSPS) is 13.9. The molecule has 0 aliphatic rings. The van der Waals surface area contributed by atoms with Crippen molar-refractivity contribution >= 4 is 0 Å². The molecule has 0 aliphatic heterocycles. The molecule has 0 saturated carbocycles. The van der Waals surface area contributed by atoms with Crippen LogP contribution in [0.1, 0.15) is 30.5 Å². The molecule has 0 fully saturated rings. The largest absolute Gasteiger partial charge is 0.407 e. The summed E-state index contributed by atoms with van der Waals surface area (Å²) in [6, 6.07) is 4.59. The van der Waals surface area contributed by atoms with Gasteiger partial charge in [0.25, 0.3) is 0 Å². The molecule has 1 rings (SSSR count). The average molecular weight is 217 g/mol. The highest BCUT2D eigenvalue weighted by Gasteiger charge is 2.38. The van der Waals surface area contributed by atoms with E-state index in [0.29, 0.717) is 12.0 Å². The molecule has 0 radical (unpaired) electrons.